The van der Waals surface area contributed by atoms with Crippen LogP contribution in [0.3, 0.4) is 0 Å². The molecular weight excluding hydrogens is 392 g/mol. The lowest BCUT2D eigenvalue weighted by molar-refractivity contribution is -0.116. The van der Waals surface area contributed by atoms with E-state index in [1.807, 2.05) is 6.92 Å². The second-order valence-corrected chi connectivity index (χ2v) is 8.31. The average Bonchev–Trinajstić information content (AvgIpc) is 2.65. The Morgan fingerprint density at radius 1 is 0.767 bits per heavy atom. The van der Waals surface area contributed by atoms with Gasteiger partial charge in [0.1, 0.15) is 0 Å². The molecule has 0 atom stereocenters. The molecule has 0 bridgehead atoms. The topological polar surface area (TPSA) is 32.3 Å². The molecule has 0 saturated heterocycles. The molecule has 0 rings (SSSR count). The lowest BCUT2D eigenvalue weighted by atomic mass is 10.0. The molecule has 0 heterocycles. The predicted octanol–water partition coefficient (Wildman–Crippen LogP) is 7.01. The van der Waals surface area contributed by atoms with Crippen LogP contribution in [0, 0.1) is 0 Å². The number of carbonyl (C=O) groups is 1. The normalized spacial score (nSPS) is 12.6. The molecule has 1 amide bonds. The van der Waals surface area contributed by atoms with Gasteiger partial charge in [-0.05, 0) is 86.2 Å². The maximum atomic E-state index is 12.0. The monoisotopic (exact) mass is 438 g/mol. The van der Waals surface area contributed by atoms with Gasteiger partial charge in [-0.25, -0.2) is 0 Å². The quantitative estimate of drug-likeness (QED) is 0.220. The molecule has 0 aliphatic rings. The highest BCUT2D eigenvalue weighted by Crippen LogP contribution is 2.13. The van der Waals surface area contributed by atoms with Gasteiger partial charge >= 0.3 is 0 Å². The minimum absolute atomic E-state index is 0. The van der Waals surface area contributed by atoms with Gasteiger partial charge in [0.15, 0.2) is 0 Å². The van der Waals surface area contributed by atoms with Crippen LogP contribution in [-0.4, -0.2) is 37.0 Å². The number of halogens is 1. The van der Waals surface area contributed by atoms with Crippen molar-refractivity contribution in [2.45, 2.75) is 87.0 Å². The van der Waals surface area contributed by atoms with Gasteiger partial charge in [-0.1, -0.05) is 54.4 Å². The van der Waals surface area contributed by atoms with Crippen LogP contribution < -0.4 is 5.32 Å². The number of nitrogens with one attached hydrogen (secondary N) is 1. The molecule has 1 N–H and O–H groups in total. The third-order valence-corrected chi connectivity index (χ3v) is 5.15. The zero-order valence-electron chi connectivity index (χ0n) is 20.6. The SMILES string of the molecule is CCN(CC)CCNC(=O)C=C(C)CCC=C(C)CCC=C(C)CCC=C(C)C.Cl. The Balaban J connectivity index is 0. The van der Waals surface area contributed by atoms with Gasteiger partial charge in [0.05, 0.1) is 0 Å². The van der Waals surface area contributed by atoms with Crippen molar-refractivity contribution < 1.29 is 4.79 Å². The van der Waals surface area contributed by atoms with E-state index in [0.717, 1.165) is 63.7 Å². The fourth-order valence-corrected chi connectivity index (χ4v) is 3.11. The van der Waals surface area contributed by atoms with Crippen molar-refractivity contribution in [3.63, 3.8) is 0 Å². The van der Waals surface area contributed by atoms with Gasteiger partial charge in [-0.2, -0.15) is 0 Å². The van der Waals surface area contributed by atoms with E-state index >= 15 is 0 Å². The summed E-state index contributed by atoms with van der Waals surface area (Å²) in [5, 5.41) is 2.99. The highest BCUT2D eigenvalue weighted by atomic mass is 35.5. The first-order valence-corrected chi connectivity index (χ1v) is 11.4. The minimum Gasteiger partial charge on any atom is -0.351 e. The largest absolute Gasteiger partial charge is 0.351 e. The van der Waals surface area contributed by atoms with Crippen molar-refractivity contribution in [1.29, 1.82) is 0 Å². The lowest BCUT2D eigenvalue weighted by Crippen LogP contribution is -2.34. The molecule has 0 aromatic carbocycles. The standard InChI is InChI=1S/C26H46N2O.ClH/c1-8-28(9-2)20-19-27-26(29)21-25(7)18-12-17-24(6)16-11-15-23(5)14-10-13-22(3)4;/h13,15,17,21H,8-12,14,16,18-20H2,1-7H3,(H,27,29);1H. The Hall–Kier alpha value is -1.32. The van der Waals surface area contributed by atoms with E-state index in [4.69, 9.17) is 0 Å². The van der Waals surface area contributed by atoms with Gasteiger partial charge in [0.25, 0.3) is 0 Å². The van der Waals surface area contributed by atoms with E-state index in [1.54, 1.807) is 6.08 Å². The van der Waals surface area contributed by atoms with Crippen LogP contribution in [-0.2, 0) is 4.79 Å². The van der Waals surface area contributed by atoms with Crippen molar-refractivity contribution in [3.05, 3.63) is 46.6 Å². The van der Waals surface area contributed by atoms with Gasteiger partial charge in [0.2, 0.25) is 5.91 Å². The smallest absolute Gasteiger partial charge is 0.243 e. The maximum absolute atomic E-state index is 12.0. The van der Waals surface area contributed by atoms with Crippen LogP contribution >= 0.6 is 12.4 Å². The van der Waals surface area contributed by atoms with Crippen molar-refractivity contribution in [2.75, 3.05) is 26.2 Å². The predicted molar refractivity (Wildman–Crippen MR) is 136 cm³/mol. The second-order valence-electron chi connectivity index (χ2n) is 8.31. The molecule has 0 aromatic heterocycles. The van der Waals surface area contributed by atoms with E-state index in [0.29, 0.717) is 6.54 Å². The number of rotatable bonds is 15. The van der Waals surface area contributed by atoms with E-state index < -0.39 is 0 Å². The minimum atomic E-state index is 0. The van der Waals surface area contributed by atoms with Crippen LogP contribution in [0.2, 0.25) is 0 Å². The summed E-state index contributed by atoms with van der Waals surface area (Å²) >= 11 is 0. The summed E-state index contributed by atoms with van der Waals surface area (Å²) in [6.07, 6.45) is 15.3. The zero-order valence-corrected chi connectivity index (χ0v) is 21.5. The van der Waals surface area contributed by atoms with Gasteiger partial charge in [0, 0.05) is 19.2 Å². The third-order valence-electron chi connectivity index (χ3n) is 5.15. The fourth-order valence-electron chi connectivity index (χ4n) is 3.11. The summed E-state index contributed by atoms with van der Waals surface area (Å²) in [7, 11) is 0. The summed E-state index contributed by atoms with van der Waals surface area (Å²) in [5.74, 6) is 0.0316. The number of likely N-dealkylation sites (N-methyl/N-ethyl adjacent to an activating group) is 1. The molecule has 0 aliphatic heterocycles. The Morgan fingerprint density at radius 2 is 1.23 bits per heavy atom. The Kier molecular flexibility index (Phi) is 20.2. The number of hydrogen-bond acceptors (Lipinski definition) is 2. The molecule has 0 saturated carbocycles. The molecule has 0 unspecified atom stereocenters. The molecule has 0 fully saturated rings. The number of hydrogen-bond donors (Lipinski definition) is 1. The van der Waals surface area contributed by atoms with Gasteiger partial charge in [-0.15, -0.1) is 12.4 Å². The molecule has 0 aliphatic carbocycles. The Labute approximate surface area is 193 Å². The maximum Gasteiger partial charge on any atom is 0.243 e. The Morgan fingerprint density at radius 3 is 1.70 bits per heavy atom. The van der Waals surface area contributed by atoms with Crippen LogP contribution in [0.5, 0.6) is 0 Å². The molecule has 4 heteroatoms. The highest BCUT2D eigenvalue weighted by molar-refractivity contribution is 5.88. The molecule has 0 radical (unpaired) electrons. The number of allylic oxidation sites excluding steroid dienone is 7. The summed E-state index contributed by atoms with van der Waals surface area (Å²) < 4.78 is 0. The summed E-state index contributed by atoms with van der Waals surface area (Å²) in [6, 6.07) is 0. The van der Waals surface area contributed by atoms with E-state index in [9.17, 15) is 4.79 Å². The summed E-state index contributed by atoms with van der Waals surface area (Å²) in [5.41, 5.74) is 5.47. The van der Waals surface area contributed by atoms with Gasteiger partial charge in [-0.3, -0.25) is 4.79 Å². The molecule has 174 valence electrons. The number of nitrogens with zero attached hydrogens (tertiary/aromatic N) is 1. The van der Waals surface area contributed by atoms with E-state index in [2.05, 4.69) is 70.0 Å². The zero-order chi connectivity index (χ0) is 22.1. The molecule has 30 heavy (non-hydrogen) atoms. The van der Waals surface area contributed by atoms with Crippen LogP contribution in [0.1, 0.15) is 87.0 Å². The molecular formula is C26H47ClN2O. The summed E-state index contributed by atoms with van der Waals surface area (Å²) in [4.78, 5) is 14.3. The second kappa shape index (κ2) is 19.6. The third kappa shape index (κ3) is 18.7. The van der Waals surface area contributed by atoms with E-state index in [-0.39, 0.29) is 18.3 Å². The number of amides is 1. The lowest BCUT2D eigenvalue weighted by Gasteiger charge is -2.17. The van der Waals surface area contributed by atoms with Crippen molar-refractivity contribution >= 4 is 18.3 Å². The first-order chi connectivity index (χ1) is 13.8. The first kappa shape index (κ1) is 30.9. The highest BCUT2D eigenvalue weighted by Gasteiger charge is 2.01. The van der Waals surface area contributed by atoms with Crippen molar-refractivity contribution in [2.24, 2.45) is 0 Å². The van der Waals surface area contributed by atoms with Crippen LogP contribution in [0.15, 0.2) is 46.6 Å². The molecule has 3 nitrogen and oxygen atoms in total. The Bertz CT molecular complexity index is 580. The summed E-state index contributed by atoms with van der Waals surface area (Å²) in [6.45, 7) is 18.8. The molecule has 0 spiro atoms. The fraction of sp³-hybridized carbons (Fsp3) is 0.654. The van der Waals surface area contributed by atoms with Gasteiger partial charge < -0.3 is 10.2 Å². The average molecular weight is 439 g/mol. The van der Waals surface area contributed by atoms with Crippen molar-refractivity contribution in [1.82, 2.24) is 10.2 Å². The molecule has 0 aromatic rings. The first-order valence-electron chi connectivity index (χ1n) is 11.4. The van der Waals surface area contributed by atoms with Crippen LogP contribution in [0.25, 0.3) is 0 Å². The van der Waals surface area contributed by atoms with Crippen LogP contribution in [0.4, 0.5) is 0 Å². The number of carbonyl (C=O) groups excluding carboxylic acids is 1. The van der Waals surface area contributed by atoms with E-state index in [1.165, 1.54) is 16.7 Å². The van der Waals surface area contributed by atoms with Crippen molar-refractivity contribution in [3.8, 4) is 0 Å².